The Bertz CT molecular complexity index is 1270. The van der Waals surface area contributed by atoms with Crippen molar-refractivity contribution in [2.45, 2.75) is 36.4 Å². The van der Waals surface area contributed by atoms with E-state index >= 15 is 0 Å². The quantitative estimate of drug-likeness (QED) is 0.656. The summed E-state index contributed by atoms with van der Waals surface area (Å²) in [4.78, 5) is 15.5. The summed E-state index contributed by atoms with van der Waals surface area (Å²) in [5.74, 6) is -1.66. The average molecular weight is 453 g/mol. The Morgan fingerprint density at radius 1 is 1.19 bits per heavy atom. The first-order valence-electron chi connectivity index (χ1n) is 9.37. The first kappa shape index (κ1) is 21.2. The van der Waals surface area contributed by atoms with Gasteiger partial charge in [0.2, 0.25) is 0 Å². The van der Waals surface area contributed by atoms with Gasteiger partial charge in [0.1, 0.15) is 12.1 Å². The van der Waals surface area contributed by atoms with Crippen LogP contribution in [0.5, 0.6) is 5.75 Å². The van der Waals surface area contributed by atoms with E-state index in [1.165, 1.54) is 25.6 Å². The molecule has 164 valence electrons. The number of methoxy groups -OCH3 is 1. The van der Waals surface area contributed by atoms with Crippen LogP contribution in [0.25, 0.3) is 11.0 Å². The van der Waals surface area contributed by atoms with Crippen molar-refractivity contribution >= 4 is 27.0 Å². The number of carbonyl (C=O) groups excluding carboxylic acids is 1. The fraction of sp³-hybridized carbons (Fsp3) is 0.300. The molecule has 2 aromatic carbocycles. The second-order valence-electron chi connectivity index (χ2n) is 7.17. The molecule has 4 rings (SSSR count). The molecule has 1 aliphatic rings. The number of nitrogens with zero attached hydrogens (tertiary/aromatic N) is 2. The number of benzene rings is 2. The summed E-state index contributed by atoms with van der Waals surface area (Å²) >= 11 is 0. The molecule has 1 atom stereocenters. The van der Waals surface area contributed by atoms with E-state index in [4.69, 9.17) is 4.74 Å². The molecule has 0 saturated heterocycles. The van der Waals surface area contributed by atoms with Crippen LogP contribution in [0.4, 0.5) is 13.2 Å². The van der Waals surface area contributed by atoms with Crippen LogP contribution < -0.4 is 10.1 Å². The van der Waals surface area contributed by atoms with Gasteiger partial charge in [-0.1, -0.05) is 12.1 Å². The molecule has 1 aliphatic carbocycles. The Balaban J connectivity index is 1.75. The minimum atomic E-state index is -4.99. The number of hydrogen-bond donors (Lipinski definition) is 1. The number of alkyl halides is 3. The van der Waals surface area contributed by atoms with Crippen LogP contribution in [0, 0.1) is 0 Å². The number of hydrogen-bond acceptors (Lipinski definition) is 5. The molecule has 7 nitrogen and oxygen atoms in total. The predicted molar refractivity (Wildman–Crippen MR) is 105 cm³/mol. The molecular formula is C20H18F3N3O4S. The lowest BCUT2D eigenvalue weighted by Gasteiger charge is -2.28. The van der Waals surface area contributed by atoms with Crippen molar-refractivity contribution in [3.63, 3.8) is 0 Å². The lowest BCUT2D eigenvalue weighted by atomic mass is 9.87. The number of carbonyl (C=O) groups is 1. The molecule has 31 heavy (non-hydrogen) atoms. The molecule has 0 unspecified atom stereocenters. The fourth-order valence-corrected chi connectivity index (χ4v) is 5.45. The molecule has 1 aromatic heterocycles. The van der Waals surface area contributed by atoms with Gasteiger partial charge >= 0.3 is 12.1 Å². The average Bonchev–Trinajstić information content (AvgIpc) is 3.17. The normalized spacial score (nSPS) is 16.7. The maximum Gasteiger partial charge on any atom is 0.471 e. The van der Waals surface area contributed by atoms with Crippen molar-refractivity contribution < 1.29 is 31.1 Å². The minimum absolute atomic E-state index is 0.0222. The Labute approximate surface area is 175 Å². The van der Waals surface area contributed by atoms with Gasteiger partial charge in [0, 0.05) is 11.6 Å². The highest BCUT2D eigenvalue weighted by atomic mass is 32.2. The second kappa shape index (κ2) is 7.56. The number of fused-ring (bicyclic) bond motifs is 2. The molecule has 1 amide bonds. The zero-order chi connectivity index (χ0) is 22.4. The Kier molecular flexibility index (Phi) is 5.16. The van der Waals surface area contributed by atoms with Crippen LogP contribution in [0.1, 0.15) is 17.5 Å². The van der Waals surface area contributed by atoms with E-state index in [1.807, 2.05) is 5.32 Å². The third-order valence-corrected chi connectivity index (χ3v) is 7.06. The highest BCUT2D eigenvalue weighted by Gasteiger charge is 2.40. The van der Waals surface area contributed by atoms with Crippen LogP contribution in [0.3, 0.4) is 0 Å². The zero-order valence-corrected chi connectivity index (χ0v) is 17.1. The smallest absolute Gasteiger partial charge is 0.471 e. The van der Waals surface area contributed by atoms with Crippen molar-refractivity contribution in [3.05, 3.63) is 53.9 Å². The Hall–Kier alpha value is -3.08. The zero-order valence-electron chi connectivity index (χ0n) is 16.3. The summed E-state index contributed by atoms with van der Waals surface area (Å²) < 4.78 is 71.1. The molecule has 1 heterocycles. The van der Waals surface area contributed by atoms with Crippen LogP contribution in [0.15, 0.2) is 47.6 Å². The maximum atomic E-state index is 13.4. The monoisotopic (exact) mass is 453 g/mol. The molecule has 1 N–H and O–H groups in total. The van der Waals surface area contributed by atoms with Gasteiger partial charge in [-0.25, -0.2) is 17.4 Å². The van der Waals surface area contributed by atoms with Gasteiger partial charge in [-0.3, -0.25) is 4.79 Å². The maximum absolute atomic E-state index is 13.4. The highest BCUT2D eigenvalue weighted by Crippen LogP contribution is 2.36. The lowest BCUT2D eigenvalue weighted by molar-refractivity contribution is -0.174. The summed E-state index contributed by atoms with van der Waals surface area (Å²) in [6, 6.07) is 8.89. The molecule has 0 saturated carbocycles. The molecule has 0 radical (unpaired) electrons. The van der Waals surface area contributed by atoms with Crippen LogP contribution >= 0.6 is 0 Å². The van der Waals surface area contributed by atoms with E-state index in [0.29, 0.717) is 27.9 Å². The van der Waals surface area contributed by atoms with E-state index in [2.05, 4.69) is 4.98 Å². The van der Waals surface area contributed by atoms with Crippen molar-refractivity contribution in [1.29, 1.82) is 0 Å². The number of ether oxygens (including phenoxy) is 1. The van der Waals surface area contributed by atoms with Crippen LogP contribution in [-0.2, 0) is 27.7 Å². The third-order valence-electron chi connectivity index (χ3n) is 5.31. The SMILES string of the molecule is COc1ccc(S(=O)(=O)n2cnc3ccccc32)c2c1C[C@@H](NC(=O)C(F)(F)F)CC2. The van der Waals surface area contributed by atoms with Crippen LogP contribution in [-0.4, -0.2) is 42.6 Å². The lowest BCUT2D eigenvalue weighted by Crippen LogP contribution is -2.45. The van der Waals surface area contributed by atoms with Gasteiger partial charge in [-0.05, 0) is 49.1 Å². The summed E-state index contributed by atoms with van der Waals surface area (Å²) in [6.45, 7) is 0. The highest BCUT2D eigenvalue weighted by molar-refractivity contribution is 7.90. The van der Waals surface area contributed by atoms with Gasteiger partial charge in [0.15, 0.2) is 0 Å². The Morgan fingerprint density at radius 2 is 1.94 bits per heavy atom. The van der Waals surface area contributed by atoms with E-state index in [1.54, 1.807) is 24.3 Å². The number of para-hydroxylation sites is 2. The van der Waals surface area contributed by atoms with E-state index in [0.717, 1.165) is 3.97 Å². The Morgan fingerprint density at radius 3 is 2.65 bits per heavy atom. The summed E-state index contributed by atoms with van der Waals surface area (Å²) in [7, 11) is -2.63. The number of halogens is 3. The molecule has 3 aromatic rings. The summed E-state index contributed by atoms with van der Waals surface area (Å²) in [5.41, 5.74) is 1.86. The standard InChI is InChI=1S/C20H18F3N3O4S/c1-30-17-8-9-18(31(28,29)26-11-24-15-4-2-3-5-16(15)26)13-7-6-12(10-14(13)17)25-19(27)20(21,22)23/h2-5,8-9,11-12H,6-7,10H2,1H3,(H,25,27)/t12-/m0/s1. The summed E-state index contributed by atoms with van der Waals surface area (Å²) in [5, 5.41) is 1.98. The molecule has 11 heteroatoms. The number of imidazole rings is 1. The van der Waals surface area contributed by atoms with Gasteiger partial charge < -0.3 is 10.1 Å². The van der Waals surface area contributed by atoms with E-state index in [9.17, 15) is 26.4 Å². The van der Waals surface area contributed by atoms with Crippen molar-refractivity contribution in [1.82, 2.24) is 14.3 Å². The molecule has 0 fully saturated rings. The van der Waals surface area contributed by atoms with Gasteiger partial charge in [0.25, 0.3) is 10.0 Å². The van der Waals surface area contributed by atoms with E-state index in [-0.39, 0.29) is 24.2 Å². The number of nitrogens with one attached hydrogen (secondary N) is 1. The first-order valence-corrected chi connectivity index (χ1v) is 10.8. The minimum Gasteiger partial charge on any atom is -0.496 e. The predicted octanol–water partition coefficient (Wildman–Crippen LogP) is 2.82. The molecular weight excluding hydrogens is 435 g/mol. The molecule has 0 bridgehead atoms. The largest absolute Gasteiger partial charge is 0.496 e. The molecule has 0 aliphatic heterocycles. The van der Waals surface area contributed by atoms with Gasteiger partial charge in [-0.15, -0.1) is 0 Å². The second-order valence-corrected chi connectivity index (χ2v) is 8.95. The fourth-order valence-electron chi connectivity index (χ4n) is 3.87. The topological polar surface area (TPSA) is 90.3 Å². The third kappa shape index (κ3) is 3.73. The van der Waals surface area contributed by atoms with Crippen molar-refractivity contribution in [2.75, 3.05) is 7.11 Å². The van der Waals surface area contributed by atoms with Crippen molar-refractivity contribution in [2.24, 2.45) is 0 Å². The van der Waals surface area contributed by atoms with Gasteiger partial charge in [0.05, 0.1) is 23.0 Å². The summed E-state index contributed by atoms with van der Waals surface area (Å²) in [6.07, 6.45) is -3.41. The van der Waals surface area contributed by atoms with Crippen molar-refractivity contribution in [3.8, 4) is 5.75 Å². The van der Waals surface area contributed by atoms with Crippen LogP contribution in [0.2, 0.25) is 0 Å². The van der Waals surface area contributed by atoms with E-state index < -0.39 is 28.1 Å². The van der Waals surface area contributed by atoms with Gasteiger partial charge in [-0.2, -0.15) is 13.2 Å². The number of aromatic nitrogens is 2. The molecule has 0 spiro atoms. The first-order chi connectivity index (χ1) is 14.6. The number of amides is 1. The number of rotatable bonds is 4.